The molecule has 0 spiro atoms. The fraction of sp³-hybridized carbons (Fsp3) is 0.226. The highest BCUT2D eigenvalue weighted by Gasteiger charge is 2.35. The standard InChI is InChI=1S/C31H30N2O5S/c1-22(2)38-26-14-12-25(13-15-26)36-18-16-32-21-23(27-10-6-7-11-28(27)32)20-29-30(34)33(31(35)39-29)17-19-37-24-8-4-3-5-9-24/h3-15,20-22H,16-19H2,1-2H3/b29-20-. The van der Waals surface area contributed by atoms with Crippen LogP contribution in [-0.2, 0) is 11.3 Å². The van der Waals surface area contributed by atoms with Gasteiger partial charge in [0.2, 0.25) is 0 Å². The molecule has 1 aliphatic rings. The van der Waals surface area contributed by atoms with Crippen molar-refractivity contribution in [2.45, 2.75) is 26.5 Å². The molecule has 0 unspecified atom stereocenters. The normalized spacial score (nSPS) is 14.5. The molecule has 8 heteroatoms. The van der Waals surface area contributed by atoms with Gasteiger partial charge in [-0.15, -0.1) is 0 Å². The second-order valence-corrected chi connectivity index (χ2v) is 10.3. The van der Waals surface area contributed by atoms with Crippen LogP contribution in [0.1, 0.15) is 19.4 Å². The number of hydrogen-bond acceptors (Lipinski definition) is 6. The maximum atomic E-state index is 13.0. The van der Waals surface area contributed by atoms with Gasteiger partial charge in [-0.3, -0.25) is 14.5 Å². The molecule has 2 amide bonds. The van der Waals surface area contributed by atoms with Crippen molar-refractivity contribution in [3.05, 3.63) is 95.5 Å². The number of carbonyl (C=O) groups is 2. The molecule has 1 aromatic heterocycles. The molecular weight excluding hydrogens is 512 g/mol. The lowest BCUT2D eigenvalue weighted by Gasteiger charge is -2.13. The Morgan fingerprint density at radius 1 is 0.795 bits per heavy atom. The Hall–Kier alpha value is -4.17. The number of imide groups is 1. The van der Waals surface area contributed by atoms with Gasteiger partial charge in [-0.25, -0.2) is 0 Å². The van der Waals surface area contributed by atoms with E-state index in [9.17, 15) is 9.59 Å². The maximum absolute atomic E-state index is 13.0. The van der Waals surface area contributed by atoms with E-state index in [4.69, 9.17) is 14.2 Å². The average Bonchev–Trinajstić information content (AvgIpc) is 3.41. The molecule has 7 nitrogen and oxygen atoms in total. The highest BCUT2D eigenvalue weighted by Crippen LogP contribution is 2.34. The van der Waals surface area contributed by atoms with Crippen molar-refractivity contribution < 1.29 is 23.8 Å². The average molecular weight is 543 g/mol. The Morgan fingerprint density at radius 3 is 2.18 bits per heavy atom. The molecule has 0 saturated carbocycles. The first kappa shape index (κ1) is 26.4. The van der Waals surface area contributed by atoms with Gasteiger partial charge < -0.3 is 18.8 Å². The Morgan fingerprint density at radius 2 is 1.44 bits per heavy atom. The van der Waals surface area contributed by atoms with Crippen LogP contribution in [0.4, 0.5) is 4.79 Å². The molecular formula is C31H30N2O5S. The van der Waals surface area contributed by atoms with Crippen LogP contribution in [0.5, 0.6) is 17.2 Å². The van der Waals surface area contributed by atoms with Crippen LogP contribution < -0.4 is 14.2 Å². The molecule has 3 aromatic carbocycles. The lowest BCUT2D eigenvalue weighted by Crippen LogP contribution is -2.32. The zero-order valence-electron chi connectivity index (χ0n) is 21.9. The van der Waals surface area contributed by atoms with Gasteiger partial charge >= 0.3 is 0 Å². The van der Waals surface area contributed by atoms with Crippen molar-refractivity contribution in [2.75, 3.05) is 19.8 Å². The first-order valence-electron chi connectivity index (χ1n) is 12.9. The third-order valence-corrected chi connectivity index (χ3v) is 7.01. The SMILES string of the molecule is CC(C)Oc1ccc(OCCn2cc(/C=C3\SC(=O)N(CCOc4ccccc4)C3=O)c3ccccc32)cc1. The molecule has 5 rings (SSSR count). The molecule has 0 N–H and O–H groups in total. The summed E-state index contributed by atoms with van der Waals surface area (Å²) in [4.78, 5) is 27.3. The summed E-state index contributed by atoms with van der Waals surface area (Å²) in [6, 6.07) is 24.9. The van der Waals surface area contributed by atoms with E-state index in [1.54, 1.807) is 6.08 Å². The van der Waals surface area contributed by atoms with Gasteiger partial charge in [0.15, 0.2) is 0 Å². The number of thioether (sulfide) groups is 1. The number of fused-ring (bicyclic) bond motifs is 1. The van der Waals surface area contributed by atoms with Crippen molar-refractivity contribution in [3.63, 3.8) is 0 Å². The highest BCUT2D eigenvalue weighted by atomic mass is 32.2. The van der Waals surface area contributed by atoms with E-state index in [2.05, 4.69) is 4.57 Å². The molecule has 1 fully saturated rings. The minimum absolute atomic E-state index is 0.121. The van der Waals surface area contributed by atoms with Crippen LogP contribution in [-0.4, -0.2) is 46.5 Å². The van der Waals surface area contributed by atoms with Gasteiger partial charge in [-0.1, -0.05) is 36.4 Å². The predicted molar refractivity (Wildman–Crippen MR) is 154 cm³/mol. The van der Waals surface area contributed by atoms with E-state index in [-0.39, 0.29) is 30.4 Å². The fourth-order valence-corrected chi connectivity index (χ4v) is 5.19. The smallest absolute Gasteiger partial charge is 0.293 e. The van der Waals surface area contributed by atoms with Crippen molar-refractivity contribution in [3.8, 4) is 17.2 Å². The van der Waals surface area contributed by atoms with Gasteiger partial charge in [-0.2, -0.15) is 0 Å². The van der Waals surface area contributed by atoms with Crippen molar-refractivity contribution in [1.29, 1.82) is 0 Å². The molecule has 39 heavy (non-hydrogen) atoms. The summed E-state index contributed by atoms with van der Waals surface area (Å²) in [5.41, 5.74) is 1.91. The molecule has 0 radical (unpaired) electrons. The number of hydrogen-bond donors (Lipinski definition) is 0. The monoisotopic (exact) mass is 542 g/mol. The Labute approximate surface area is 232 Å². The number of ether oxygens (including phenoxy) is 3. The van der Waals surface area contributed by atoms with E-state index in [1.165, 1.54) is 4.90 Å². The molecule has 0 atom stereocenters. The number of amides is 2. The number of benzene rings is 3. The molecule has 1 aliphatic heterocycles. The summed E-state index contributed by atoms with van der Waals surface area (Å²) >= 11 is 0.959. The zero-order valence-corrected chi connectivity index (χ0v) is 22.7. The number of rotatable bonds is 11. The molecule has 0 aliphatic carbocycles. The predicted octanol–water partition coefficient (Wildman–Crippen LogP) is 6.62. The van der Waals surface area contributed by atoms with Gasteiger partial charge in [0.25, 0.3) is 11.1 Å². The summed E-state index contributed by atoms with van der Waals surface area (Å²) in [7, 11) is 0. The summed E-state index contributed by atoms with van der Waals surface area (Å²) < 4.78 is 19.4. The third-order valence-electron chi connectivity index (χ3n) is 6.10. The fourth-order valence-electron chi connectivity index (χ4n) is 4.33. The van der Waals surface area contributed by atoms with Crippen LogP contribution in [0, 0.1) is 0 Å². The molecule has 1 saturated heterocycles. The largest absolute Gasteiger partial charge is 0.492 e. The minimum Gasteiger partial charge on any atom is -0.492 e. The van der Waals surface area contributed by atoms with E-state index in [0.29, 0.717) is 23.8 Å². The Kier molecular flexibility index (Phi) is 8.22. The second-order valence-electron chi connectivity index (χ2n) is 9.28. The van der Waals surface area contributed by atoms with Crippen LogP contribution in [0.25, 0.3) is 17.0 Å². The lowest BCUT2D eigenvalue weighted by molar-refractivity contribution is -0.123. The van der Waals surface area contributed by atoms with E-state index >= 15 is 0 Å². The highest BCUT2D eigenvalue weighted by molar-refractivity contribution is 8.18. The third kappa shape index (κ3) is 6.46. The summed E-state index contributed by atoms with van der Waals surface area (Å²) in [5, 5.41) is 0.719. The number of para-hydroxylation sites is 2. The number of nitrogens with zero attached hydrogens (tertiary/aromatic N) is 2. The van der Waals surface area contributed by atoms with Crippen LogP contribution in [0.2, 0.25) is 0 Å². The molecule has 2 heterocycles. The second kappa shape index (κ2) is 12.1. The van der Waals surface area contributed by atoms with Gasteiger partial charge in [0.1, 0.15) is 30.5 Å². The van der Waals surface area contributed by atoms with Crippen LogP contribution >= 0.6 is 11.8 Å². The van der Waals surface area contributed by atoms with Gasteiger partial charge in [-0.05, 0) is 74.1 Å². The summed E-state index contributed by atoms with van der Waals surface area (Å²) in [5.74, 6) is 1.99. The first-order chi connectivity index (χ1) is 19.0. The Bertz CT molecular complexity index is 1480. The van der Waals surface area contributed by atoms with E-state index in [0.717, 1.165) is 39.7 Å². The van der Waals surface area contributed by atoms with Gasteiger partial charge in [0.05, 0.1) is 24.1 Å². The van der Waals surface area contributed by atoms with Crippen LogP contribution in [0.3, 0.4) is 0 Å². The van der Waals surface area contributed by atoms with Crippen molar-refractivity contribution in [1.82, 2.24) is 9.47 Å². The zero-order chi connectivity index (χ0) is 27.2. The maximum Gasteiger partial charge on any atom is 0.293 e. The minimum atomic E-state index is -0.299. The molecule has 200 valence electrons. The molecule has 4 aromatic rings. The first-order valence-corrected chi connectivity index (χ1v) is 13.7. The lowest BCUT2D eigenvalue weighted by atomic mass is 10.1. The van der Waals surface area contributed by atoms with Crippen molar-refractivity contribution >= 4 is 39.9 Å². The van der Waals surface area contributed by atoms with Crippen LogP contribution in [0.15, 0.2) is 90.0 Å². The van der Waals surface area contributed by atoms with Crippen molar-refractivity contribution in [2.24, 2.45) is 0 Å². The Balaban J connectivity index is 1.24. The van der Waals surface area contributed by atoms with E-state index < -0.39 is 0 Å². The molecule has 0 bridgehead atoms. The quantitative estimate of drug-likeness (QED) is 0.198. The number of carbonyl (C=O) groups excluding carboxylic acids is 2. The number of aromatic nitrogens is 1. The summed E-state index contributed by atoms with van der Waals surface area (Å²) in [6.45, 7) is 5.51. The van der Waals surface area contributed by atoms with E-state index in [1.807, 2.05) is 98.9 Å². The summed E-state index contributed by atoms with van der Waals surface area (Å²) in [6.07, 6.45) is 3.92. The van der Waals surface area contributed by atoms with Gasteiger partial charge in [0, 0.05) is 22.7 Å². The topological polar surface area (TPSA) is 70.0 Å².